The van der Waals surface area contributed by atoms with E-state index in [1.807, 2.05) is 74.7 Å². The molecule has 2 aromatic heterocycles. The van der Waals surface area contributed by atoms with Crippen LogP contribution in [-0.4, -0.2) is 21.2 Å². The molecule has 0 aliphatic carbocycles. The van der Waals surface area contributed by atoms with E-state index < -0.39 is 0 Å². The van der Waals surface area contributed by atoms with E-state index in [1.165, 1.54) is 11.8 Å². The smallest absolute Gasteiger partial charge is 0.266 e. The van der Waals surface area contributed by atoms with Gasteiger partial charge in [-0.3, -0.25) is 14.2 Å². The third kappa shape index (κ3) is 4.57. The van der Waals surface area contributed by atoms with E-state index in [9.17, 15) is 9.59 Å². The Bertz CT molecular complexity index is 1300. The number of benzene rings is 2. The van der Waals surface area contributed by atoms with Gasteiger partial charge in [0, 0.05) is 4.88 Å². The Kier molecular flexibility index (Phi) is 6.25. The average Bonchev–Trinajstić information content (AvgIpc) is 3.30. The second-order valence-electron chi connectivity index (χ2n) is 7.41. The minimum absolute atomic E-state index is 0.0559. The van der Waals surface area contributed by atoms with E-state index in [-0.39, 0.29) is 23.3 Å². The lowest BCUT2D eigenvalue weighted by molar-refractivity contribution is -0.119. The molecule has 158 valence electrons. The van der Waals surface area contributed by atoms with Crippen LogP contribution in [0.4, 0.5) is 0 Å². The summed E-state index contributed by atoms with van der Waals surface area (Å²) in [7, 11) is 0. The maximum Gasteiger partial charge on any atom is 0.266 e. The summed E-state index contributed by atoms with van der Waals surface area (Å²) in [5.74, 6) is 0.0747. The van der Waals surface area contributed by atoms with Gasteiger partial charge in [-0.25, -0.2) is 4.98 Å². The molecule has 0 fully saturated rings. The number of carbonyl (C=O) groups excluding carboxylic acids is 1. The third-order valence-corrected chi connectivity index (χ3v) is 7.17. The Balaban J connectivity index is 1.66. The quantitative estimate of drug-likeness (QED) is 0.331. The van der Waals surface area contributed by atoms with E-state index >= 15 is 0 Å². The Morgan fingerprint density at radius 1 is 1.13 bits per heavy atom. The number of aromatic nitrogens is 2. The van der Waals surface area contributed by atoms with Gasteiger partial charge < -0.3 is 5.32 Å². The van der Waals surface area contributed by atoms with Gasteiger partial charge in [0.1, 0.15) is 0 Å². The van der Waals surface area contributed by atoms with E-state index in [2.05, 4.69) is 5.32 Å². The van der Waals surface area contributed by atoms with Gasteiger partial charge in [-0.1, -0.05) is 36.0 Å². The Morgan fingerprint density at radius 2 is 1.94 bits per heavy atom. The number of rotatable bonds is 6. The molecule has 0 radical (unpaired) electrons. The minimum Gasteiger partial charge on any atom is -0.348 e. The predicted molar refractivity (Wildman–Crippen MR) is 128 cm³/mol. The van der Waals surface area contributed by atoms with Crippen LogP contribution in [0.25, 0.3) is 16.6 Å². The number of carbonyl (C=O) groups is 1. The highest BCUT2D eigenvalue weighted by atomic mass is 32.2. The van der Waals surface area contributed by atoms with Crippen LogP contribution in [-0.2, 0) is 4.79 Å². The lowest BCUT2D eigenvalue weighted by Crippen LogP contribution is -2.28. The van der Waals surface area contributed by atoms with Crippen LogP contribution in [0.2, 0.25) is 0 Å². The topological polar surface area (TPSA) is 64.0 Å². The maximum absolute atomic E-state index is 13.3. The van der Waals surface area contributed by atoms with E-state index in [1.54, 1.807) is 22.0 Å². The summed E-state index contributed by atoms with van der Waals surface area (Å²) in [6.45, 7) is 6.02. The van der Waals surface area contributed by atoms with Crippen molar-refractivity contribution < 1.29 is 4.79 Å². The molecular weight excluding hydrogens is 426 g/mol. The number of fused-ring (bicyclic) bond motifs is 1. The lowest BCUT2D eigenvalue weighted by atomic mass is 10.1. The average molecular weight is 450 g/mol. The monoisotopic (exact) mass is 449 g/mol. The first kappa shape index (κ1) is 21.3. The number of thiophene rings is 1. The first-order valence-electron chi connectivity index (χ1n) is 9.99. The van der Waals surface area contributed by atoms with Gasteiger partial charge in [0.25, 0.3) is 5.56 Å². The lowest BCUT2D eigenvalue weighted by Gasteiger charge is -2.15. The summed E-state index contributed by atoms with van der Waals surface area (Å²) in [5, 5.41) is 6.07. The fourth-order valence-corrected chi connectivity index (χ4v) is 4.88. The molecule has 0 aliphatic heterocycles. The molecule has 2 aromatic carbocycles. The van der Waals surface area contributed by atoms with Crippen molar-refractivity contribution in [3.63, 3.8) is 0 Å². The van der Waals surface area contributed by atoms with Crippen LogP contribution in [0, 0.1) is 13.8 Å². The summed E-state index contributed by atoms with van der Waals surface area (Å²) in [5.41, 5.74) is 3.49. The molecule has 2 heterocycles. The summed E-state index contributed by atoms with van der Waals surface area (Å²) in [6, 6.07) is 17.1. The summed E-state index contributed by atoms with van der Waals surface area (Å²) < 4.78 is 1.61. The molecule has 1 unspecified atom stereocenters. The first-order valence-corrected chi connectivity index (χ1v) is 11.9. The molecule has 4 aromatic rings. The van der Waals surface area contributed by atoms with Crippen molar-refractivity contribution in [2.24, 2.45) is 0 Å². The Labute approximate surface area is 189 Å². The van der Waals surface area contributed by atoms with Crippen LogP contribution in [0.5, 0.6) is 0 Å². The molecule has 5 nitrogen and oxygen atoms in total. The molecule has 0 saturated carbocycles. The molecule has 0 spiro atoms. The maximum atomic E-state index is 13.3. The predicted octanol–water partition coefficient (Wildman–Crippen LogP) is 5.03. The molecular formula is C24H23N3O2S2. The van der Waals surface area contributed by atoms with Gasteiger partial charge in [0.05, 0.1) is 28.4 Å². The van der Waals surface area contributed by atoms with Gasteiger partial charge in [-0.05, 0) is 67.6 Å². The van der Waals surface area contributed by atoms with Gasteiger partial charge in [-0.2, -0.15) is 0 Å². The minimum atomic E-state index is -0.135. The summed E-state index contributed by atoms with van der Waals surface area (Å²) in [4.78, 5) is 31.7. The van der Waals surface area contributed by atoms with Gasteiger partial charge in [0.2, 0.25) is 5.91 Å². The number of aryl methyl sites for hydroxylation is 2. The van der Waals surface area contributed by atoms with Crippen molar-refractivity contribution in [1.82, 2.24) is 14.9 Å². The van der Waals surface area contributed by atoms with Gasteiger partial charge in [0.15, 0.2) is 5.16 Å². The summed E-state index contributed by atoms with van der Waals surface area (Å²) >= 11 is 2.89. The SMILES string of the molecule is Cc1ccc(-n2c(SCC(=O)NC(C)c3cccs3)nc3ccccc3c2=O)cc1C. The number of hydrogen-bond acceptors (Lipinski definition) is 5. The van der Waals surface area contributed by atoms with Crippen molar-refractivity contribution in [1.29, 1.82) is 0 Å². The standard InChI is InChI=1S/C24H23N3O2S2/c1-15-10-11-18(13-16(15)2)27-23(29)19-7-4-5-8-20(19)26-24(27)31-14-22(28)25-17(3)21-9-6-12-30-21/h4-13,17H,14H2,1-3H3,(H,25,28). The van der Waals surface area contributed by atoms with Crippen molar-refractivity contribution in [2.75, 3.05) is 5.75 Å². The van der Waals surface area contributed by atoms with Crippen molar-refractivity contribution >= 4 is 39.9 Å². The molecule has 1 N–H and O–H groups in total. The molecule has 0 aliphatic rings. The number of thioether (sulfide) groups is 1. The normalized spacial score (nSPS) is 12.1. The van der Waals surface area contributed by atoms with E-state index in [4.69, 9.17) is 4.98 Å². The number of nitrogens with zero attached hydrogens (tertiary/aromatic N) is 2. The molecule has 4 rings (SSSR count). The fraction of sp³-hybridized carbons (Fsp3) is 0.208. The number of para-hydroxylation sites is 1. The Morgan fingerprint density at radius 3 is 2.68 bits per heavy atom. The molecule has 1 atom stereocenters. The van der Waals surface area contributed by atoms with Crippen molar-refractivity contribution in [3.05, 3.63) is 86.3 Å². The zero-order chi connectivity index (χ0) is 22.0. The molecule has 7 heteroatoms. The van der Waals surface area contributed by atoms with Crippen LogP contribution >= 0.6 is 23.1 Å². The second-order valence-corrected chi connectivity index (χ2v) is 9.34. The van der Waals surface area contributed by atoms with Gasteiger partial charge in [-0.15, -0.1) is 11.3 Å². The zero-order valence-corrected chi connectivity index (χ0v) is 19.2. The largest absolute Gasteiger partial charge is 0.348 e. The van der Waals surface area contributed by atoms with Crippen molar-refractivity contribution in [2.45, 2.75) is 32.0 Å². The first-order chi connectivity index (χ1) is 14.9. The highest BCUT2D eigenvalue weighted by Gasteiger charge is 2.16. The molecule has 31 heavy (non-hydrogen) atoms. The highest BCUT2D eigenvalue weighted by Crippen LogP contribution is 2.23. The molecule has 0 bridgehead atoms. The van der Waals surface area contributed by atoms with E-state index in [0.29, 0.717) is 16.1 Å². The van der Waals surface area contributed by atoms with Gasteiger partial charge >= 0.3 is 0 Å². The zero-order valence-electron chi connectivity index (χ0n) is 17.6. The molecule has 0 saturated heterocycles. The van der Waals surface area contributed by atoms with Crippen LogP contribution in [0.15, 0.2) is 69.9 Å². The molecule has 1 amide bonds. The fourth-order valence-electron chi connectivity index (χ4n) is 3.32. The third-order valence-electron chi connectivity index (χ3n) is 5.17. The Hall–Kier alpha value is -2.90. The van der Waals surface area contributed by atoms with Crippen LogP contribution in [0.1, 0.15) is 29.0 Å². The number of nitrogens with one attached hydrogen (secondary N) is 1. The van der Waals surface area contributed by atoms with Crippen molar-refractivity contribution in [3.8, 4) is 5.69 Å². The van der Waals surface area contributed by atoms with Crippen LogP contribution in [0.3, 0.4) is 0 Å². The van der Waals surface area contributed by atoms with E-state index in [0.717, 1.165) is 21.7 Å². The number of hydrogen-bond donors (Lipinski definition) is 1. The highest BCUT2D eigenvalue weighted by molar-refractivity contribution is 7.99. The summed E-state index contributed by atoms with van der Waals surface area (Å²) in [6.07, 6.45) is 0. The number of amides is 1. The second kappa shape index (κ2) is 9.08. The van der Waals surface area contributed by atoms with Crippen LogP contribution < -0.4 is 10.9 Å².